The molecule has 1 aliphatic rings. The molecule has 0 unspecified atom stereocenters. The lowest BCUT2D eigenvalue weighted by Gasteiger charge is -2.20. The number of ether oxygens (including phenoxy) is 2. The minimum absolute atomic E-state index is 0.564. The number of fused-ring (bicyclic) bond motifs is 1. The molecule has 2 aromatic rings. The summed E-state index contributed by atoms with van der Waals surface area (Å²) in [6, 6.07) is 3.68. The van der Waals surface area contributed by atoms with E-state index in [-0.39, 0.29) is 0 Å². The highest BCUT2D eigenvalue weighted by molar-refractivity contribution is 5.72. The Morgan fingerprint density at radius 1 is 1.30 bits per heavy atom. The predicted octanol–water partition coefficient (Wildman–Crippen LogP) is 1.69. The SMILES string of the molecule is Cc1c(CNc2cc3c(cc2N)OCCO3)cnn1C. The number of aromatic nitrogens is 2. The van der Waals surface area contributed by atoms with Gasteiger partial charge in [0, 0.05) is 37.0 Å². The lowest BCUT2D eigenvalue weighted by atomic mass is 10.2. The summed E-state index contributed by atoms with van der Waals surface area (Å²) in [6.45, 7) is 3.84. The third-order valence-corrected chi connectivity index (χ3v) is 3.52. The first-order valence-electron chi connectivity index (χ1n) is 6.55. The van der Waals surface area contributed by atoms with Gasteiger partial charge in [0.1, 0.15) is 13.2 Å². The van der Waals surface area contributed by atoms with Crippen molar-refractivity contribution >= 4 is 11.4 Å². The third-order valence-electron chi connectivity index (χ3n) is 3.52. The summed E-state index contributed by atoms with van der Waals surface area (Å²) in [5.41, 5.74) is 9.80. The third kappa shape index (κ3) is 2.24. The van der Waals surface area contributed by atoms with Crippen LogP contribution in [0.1, 0.15) is 11.3 Å². The van der Waals surface area contributed by atoms with E-state index in [4.69, 9.17) is 15.2 Å². The molecule has 20 heavy (non-hydrogen) atoms. The smallest absolute Gasteiger partial charge is 0.163 e. The number of nitrogens with zero attached hydrogens (tertiary/aromatic N) is 2. The molecule has 1 aliphatic heterocycles. The molecule has 0 amide bonds. The van der Waals surface area contributed by atoms with Crippen molar-refractivity contribution in [2.24, 2.45) is 7.05 Å². The summed E-state index contributed by atoms with van der Waals surface area (Å²) in [7, 11) is 1.93. The van der Waals surface area contributed by atoms with Crippen LogP contribution in [0, 0.1) is 6.92 Å². The number of nitrogen functional groups attached to an aromatic ring is 1. The van der Waals surface area contributed by atoms with Gasteiger partial charge in [-0.2, -0.15) is 5.10 Å². The van der Waals surface area contributed by atoms with E-state index in [1.54, 1.807) is 6.07 Å². The molecule has 0 aliphatic carbocycles. The molecule has 2 heterocycles. The van der Waals surface area contributed by atoms with Crippen molar-refractivity contribution in [3.05, 3.63) is 29.6 Å². The highest BCUT2D eigenvalue weighted by Crippen LogP contribution is 2.37. The molecule has 0 radical (unpaired) electrons. The minimum atomic E-state index is 0.564. The van der Waals surface area contributed by atoms with Gasteiger partial charge < -0.3 is 20.5 Å². The average Bonchev–Trinajstić information content (AvgIpc) is 2.76. The van der Waals surface area contributed by atoms with Crippen molar-refractivity contribution in [2.45, 2.75) is 13.5 Å². The Labute approximate surface area is 117 Å². The Morgan fingerprint density at radius 3 is 2.65 bits per heavy atom. The number of hydrogen-bond acceptors (Lipinski definition) is 5. The first-order valence-corrected chi connectivity index (χ1v) is 6.55. The molecule has 6 heteroatoms. The van der Waals surface area contributed by atoms with Gasteiger partial charge in [-0.15, -0.1) is 0 Å². The zero-order chi connectivity index (χ0) is 14.1. The van der Waals surface area contributed by atoms with E-state index in [0.717, 1.165) is 22.7 Å². The highest BCUT2D eigenvalue weighted by Gasteiger charge is 2.14. The first-order chi connectivity index (χ1) is 9.65. The summed E-state index contributed by atoms with van der Waals surface area (Å²) in [6.07, 6.45) is 1.86. The van der Waals surface area contributed by atoms with Crippen molar-refractivity contribution < 1.29 is 9.47 Å². The van der Waals surface area contributed by atoms with Crippen LogP contribution in [0.5, 0.6) is 11.5 Å². The van der Waals surface area contributed by atoms with Gasteiger partial charge >= 0.3 is 0 Å². The number of nitrogens with two attached hydrogens (primary N) is 1. The molecular weight excluding hydrogens is 256 g/mol. The summed E-state index contributed by atoms with van der Waals surface area (Å²) in [5, 5.41) is 7.54. The molecule has 106 valence electrons. The van der Waals surface area contributed by atoms with E-state index >= 15 is 0 Å². The quantitative estimate of drug-likeness (QED) is 0.833. The molecule has 1 aromatic carbocycles. The lowest BCUT2D eigenvalue weighted by molar-refractivity contribution is 0.172. The molecule has 0 saturated heterocycles. The van der Waals surface area contributed by atoms with E-state index in [9.17, 15) is 0 Å². The largest absolute Gasteiger partial charge is 0.486 e. The summed E-state index contributed by atoms with van der Waals surface area (Å²) in [5.74, 6) is 1.44. The average molecular weight is 274 g/mol. The van der Waals surface area contributed by atoms with Crippen LogP contribution < -0.4 is 20.5 Å². The van der Waals surface area contributed by atoms with E-state index < -0.39 is 0 Å². The lowest BCUT2D eigenvalue weighted by Crippen LogP contribution is -2.16. The van der Waals surface area contributed by atoms with Crippen LogP contribution in [0.15, 0.2) is 18.3 Å². The van der Waals surface area contributed by atoms with Crippen LogP contribution in [0.3, 0.4) is 0 Å². The second-order valence-corrected chi connectivity index (χ2v) is 4.82. The number of anilines is 2. The standard InChI is InChI=1S/C14H18N4O2/c1-9-10(8-17-18(9)2)7-16-12-6-14-13(5-11(12)15)19-3-4-20-14/h5-6,8,16H,3-4,7,15H2,1-2H3. The van der Waals surface area contributed by atoms with Crippen LogP contribution in [0.2, 0.25) is 0 Å². The fourth-order valence-electron chi connectivity index (χ4n) is 2.17. The Balaban J connectivity index is 1.79. The van der Waals surface area contributed by atoms with Crippen LogP contribution >= 0.6 is 0 Å². The topological polar surface area (TPSA) is 74.3 Å². The highest BCUT2D eigenvalue weighted by atomic mass is 16.6. The Hall–Kier alpha value is -2.37. The molecule has 0 spiro atoms. The van der Waals surface area contributed by atoms with E-state index in [2.05, 4.69) is 10.4 Å². The van der Waals surface area contributed by atoms with Crippen molar-refractivity contribution in [1.29, 1.82) is 0 Å². The fraction of sp³-hybridized carbons (Fsp3) is 0.357. The van der Waals surface area contributed by atoms with Crippen molar-refractivity contribution in [1.82, 2.24) is 9.78 Å². The normalized spacial score (nSPS) is 13.3. The second-order valence-electron chi connectivity index (χ2n) is 4.82. The molecule has 1 aromatic heterocycles. The summed E-state index contributed by atoms with van der Waals surface area (Å²) >= 11 is 0. The molecule has 0 saturated carbocycles. The zero-order valence-electron chi connectivity index (χ0n) is 11.6. The Bertz CT molecular complexity index is 636. The summed E-state index contributed by atoms with van der Waals surface area (Å²) < 4.78 is 12.9. The molecule has 0 fully saturated rings. The Morgan fingerprint density at radius 2 is 2.00 bits per heavy atom. The maximum atomic E-state index is 6.03. The minimum Gasteiger partial charge on any atom is -0.486 e. The first kappa shape index (κ1) is 12.7. The summed E-state index contributed by atoms with van der Waals surface area (Å²) in [4.78, 5) is 0. The van der Waals surface area contributed by atoms with Crippen LogP contribution in [0.25, 0.3) is 0 Å². The maximum Gasteiger partial charge on any atom is 0.163 e. The number of hydrogen-bond donors (Lipinski definition) is 2. The van der Waals surface area contributed by atoms with Gasteiger partial charge in [-0.3, -0.25) is 4.68 Å². The van der Waals surface area contributed by atoms with E-state index in [1.165, 1.54) is 0 Å². The number of aryl methyl sites for hydroxylation is 1. The monoisotopic (exact) mass is 274 g/mol. The van der Waals surface area contributed by atoms with Gasteiger partial charge in [0.05, 0.1) is 17.6 Å². The number of benzene rings is 1. The van der Waals surface area contributed by atoms with Crippen LogP contribution in [-0.4, -0.2) is 23.0 Å². The fourth-order valence-corrected chi connectivity index (χ4v) is 2.17. The molecule has 0 bridgehead atoms. The van der Waals surface area contributed by atoms with Gasteiger partial charge in [-0.1, -0.05) is 0 Å². The van der Waals surface area contributed by atoms with Crippen LogP contribution in [0.4, 0.5) is 11.4 Å². The van der Waals surface area contributed by atoms with E-state index in [0.29, 0.717) is 31.2 Å². The van der Waals surface area contributed by atoms with Gasteiger partial charge in [0.2, 0.25) is 0 Å². The zero-order valence-corrected chi connectivity index (χ0v) is 11.6. The predicted molar refractivity (Wildman–Crippen MR) is 77.1 cm³/mol. The number of nitrogens with one attached hydrogen (secondary N) is 1. The maximum absolute atomic E-state index is 6.03. The van der Waals surface area contributed by atoms with Crippen LogP contribution in [-0.2, 0) is 13.6 Å². The van der Waals surface area contributed by atoms with E-state index in [1.807, 2.05) is 30.9 Å². The molecular formula is C14H18N4O2. The van der Waals surface area contributed by atoms with Crippen molar-refractivity contribution in [3.8, 4) is 11.5 Å². The second kappa shape index (κ2) is 4.96. The van der Waals surface area contributed by atoms with Gasteiger partial charge in [-0.25, -0.2) is 0 Å². The molecule has 6 nitrogen and oxygen atoms in total. The van der Waals surface area contributed by atoms with Gasteiger partial charge in [0.15, 0.2) is 11.5 Å². The van der Waals surface area contributed by atoms with Crippen molar-refractivity contribution in [2.75, 3.05) is 24.3 Å². The number of rotatable bonds is 3. The molecule has 3 rings (SSSR count). The van der Waals surface area contributed by atoms with Gasteiger partial charge in [-0.05, 0) is 6.92 Å². The Kier molecular flexibility index (Phi) is 3.14. The molecule has 0 atom stereocenters. The van der Waals surface area contributed by atoms with Gasteiger partial charge in [0.25, 0.3) is 0 Å². The van der Waals surface area contributed by atoms with Crippen molar-refractivity contribution in [3.63, 3.8) is 0 Å². The molecule has 3 N–H and O–H groups in total.